The van der Waals surface area contributed by atoms with E-state index < -0.39 is 21.8 Å². The molecule has 0 saturated carbocycles. The molecule has 1 aromatic heterocycles. The number of rotatable bonds is 5. The van der Waals surface area contributed by atoms with Crippen molar-refractivity contribution in [1.29, 1.82) is 0 Å². The third kappa shape index (κ3) is 5.03. The first kappa shape index (κ1) is 24.5. The van der Waals surface area contributed by atoms with Crippen molar-refractivity contribution in [3.8, 4) is 5.75 Å². The highest BCUT2D eigenvalue weighted by Crippen LogP contribution is 2.44. The van der Waals surface area contributed by atoms with E-state index in [1.54, 1.807) is 18.2 Å². The Morgan fingerprint density at radius 1 is 0.889 bits per heavy atom. The largest absolute Gasteiger partial charge is 0.493 e. The van der Waals surface area contributed by atoms with Crippen molar-refractivity contribution in [2.24, 2.45) is 0 Å². The minimum absolute atomic E-state index is 0.0218. The molecule has 2 aliphatic rings. The van der Waals surface area contributed by atoms with E-state index in [2.05, 4.69) is 14.7 Å². The van der Waals surface area contributed by atoms with Crippen LogP contribution in [0.5, 0.6) is 5.75 Å². The topological polar surface area (TPSA) is 90.4 Å². The van der Waals surface area contributed by atoms with Gasteiger partial charge in [-0.15, -0.1) is 0 Å². The number of anilines is 1. The van der Waals surface area contributed by atoms with Gasteiger partial charge in [0.2, 0.25) is 5.95 Å². The molecule has 36 heavy (non-hydrogen) atoms. The predicted octanol–water partition coefficient (Wildman–Crippen LogP) is 5.10. The number of halogens is 3. The predicted molar refractivity (Wildman–Crippen MR) is 125 cm³/mol. The van der Waals surface area contributed by atoms with Gasteiger partial charge in [0, 0.05) is 43.2 Å². The maximum atomic E-state index is 13.5. The molecule has 0 spiro atoms. The van der Waals surface area contributed by atoms with E-state index >= 15 is 0 Å². The lowest BCUT2D eigenvalue weighted by atomic mass is 9.78. The molecule has 3 aromatic rings. The fourth-order valence-corrected chi connectivity index (χ4v) is 5.79. The molecule has 1 N–H and O–H groups in total. The number of hydrogen-bond donors (Lipinski definition) is 1. The highest BCUT2D eigenvalue weighted by molar-refractivity contribution is 7.92. The van der Waals surface area contributed by atoms with E-state index in [1.165, 1.54) is 30.6 Å². The Hall–Kier alpha value is -3.18. The highest BCUT2D eigenvalue weighted by atomic mass is 32.2. The van der Waals surface area contributed by atoms with Crippen molar-refractivity contribution in [3.63, 3.8) is 0 Å². The lowest BCUT2D eigenvalue weighted by Crippen LogP contribution is -2.21. The Bertz CT molecular complexity index is 1340. The summed E-state index contributed by atoms with van der Waals surface area (Å²) >= 11 is 0. The summed E-state index contributed by atoms with van der Waals surface area (Å²) in [7, 11) is -3.97. The van der Waals surface area contributed by atoms with Crippen molar-refractivity contribution in [3.05, 3.63) is 77.1 Å². The van der Waals surface area contributed by atoms with Gasteiger partial charge >= 0.3 is 6.18 Å². The molecule has 1 atom stereocenters. The number of benzene rings is 2. The van der Waals surface area contributed by atoms with Crippen molar-refractivity contribution < 1.29 is 31.1 Å². The minimum Gasteiger partial charge on any atom is -0.493 e. The summed E-state index contributed by atoms with van der Waals surface area (Å²) in [5, 5.41) is 0. The number of fused-ring (bicyclic) bond motifs is 1. The van der Waals surface area contributed by atoms with Crippen LogP contribution < -0.4 is 9.46 Å². The van der Waals surface area contributed by atoms with Crippen molar-refractivity contribution in [1.82, 2.24) is 9.97 Å². The number of aromatic nitrogens is 2. The number of nitrogens with one attached hydrogen (secondary N) is 1. The lowest BCUT2D eigenvalue weighted by Gasteiger charge is -2.32. The molecule has 2 aliphatic heterocycles. The van der Waals surface area contributed by atoms with Crippen LogP contribution in [0.4, 0.5) is 19.1 Å². The SMILES string of the molecule is O=S(=O)(Nc1ncccn1)c1ccc2c(c1)OCC[C@@H]2c1ccc(C(F)(F)F)cc1C1CCOCC1. The van der Waals surface area contributed by atoms with Gasteiger partial charge in [0.15, 0.2) is 0 Å². The second-order valence-corrected chi connectivity index (χ2v) is 10.5. The zero-order valence-electron chi connectivity index (χ0n) is 19.2. The first-order valence-corrected chi connectivity index (χ1v) is 13.1. The number of ether oxygens (including phenoxy) is 2. The standard InChI is InChI=1S/C25H24F3N3O4S/c26-25(27,28)17-2-4-19(22(14-17)16-6-11-34-12-7-16)20-8-13-35-23-15-18(3-5-21(20)23)36(32,33)31-24-29-9-1-10-30-24/h1-5,9-10,14-16,20H,6-8,11-13H2,(H,29,30,31)/t20-/m1/s1. The molecule has 1 fully saturated rings. The van der Waals surface area contributed by atoms with Crippen LogP contribution in [-0.2, 0) is 20.9 Å². The normalized spacial score (nSPS) is 18.8. The lowest BCUT2D eigenvalue weighted by molar-refractivity contribution is -0.137. The van der Waals surface area contributed by atoms with E-state index in [0.29, 0.717) is 50.4 Å². The molecule has 190 valence electrons. The minimum atomic E-state index is -4.44. The van der Waals surface area contributed by atoms with E-state index in [-0.39, 0.29) is 22.7 Å². The van der Waals surface area contributed by atoms with Crippen molar-refractivity contribution in [2.75, 3.05) is 24.5 Å². The van der Waals surface area contributed by atoms with E-state index in [4.69, 9.17) is 9.47 Å². The van der Waals surface area contributed by atoms with Crippen LogP contribution in [0.2, 0.25) is 0 Å². The van der Waals surface area contributed by atoms with Crippen LogP contribution in [0.15, 0.2) is 59.8 Å². The maximum absolute atomic E-state index is 13.5. The van der Waals surface area contributed by atoms with Crippen LogP contribution in [0.25, 0.3) is 0 Å². The van der Waals surface area contributed by atoms with E-state index in [9.17, 15) is 21.6 Å². The van der Waals surface area contributed by atoms with Gasteiger partial charge in [-0.3, -0.25) is 0 Å². The second-order valence-electron chi connectivity index (χ2n) is 8.80. The zero-order chi connectivity index (χ0) is 25.3. The van der Waals surface area contributed by atoms with Gasteiger partial charge in [-0.25, -0.2) is 23.1 Å². The zero-order valence-corrected chi connectivity index (χ0v) is 20.0. The summed E-state index contributed by atoms with van der Waals surface area (Å²) in [5.41, 5.74) is 1.55. The van der Waals surface area contributed by atoms with Crippen LogP contribution in [0.3, 0.4) is 0 Å². The Balaban J connectivity index is 1.51. The molecule has 0 amide bonds. The molecule has 5 rings (SSSR count). The van der Waals surface area contributed by atoms with Gasteiger partial charge in [0.05, 0.1) is 17.1 Å². The average Bonchev–Trinajstić information content (AvgIpc) is 2.88. The summed E-state index contributed by atoms with van der Waals surface area (Å²) in [4.78, 5) is 7.75. The molecular formula is C25H24F3N3O4S. The molecule has 0 aliphatic carbocycles. The second kappa shape index (κ2) is 9.70. The van der Waals surface area contributed by atoms with Crippen molar-refractivity contribution in [2.45, 2.75) is 42.2 Å². The summed E-state index contributed by atoms with van der Waals surface area (Å²) in [5.74, 6) is 0.0638. The van der Waals surface area contributed by atoms with Gasteiger partial charge in [-0.2, -0.15) is 13.2 Å². The Labute approximate surface area is 206 Å². The maximum Gasteiger partial charge on any atom is 0.416 e. The molecule has 11 heteroatoms. The molecule has 0 unspecified atom stereocenters. The van der Waals surface area contributed by atoms with Gasteiger partial charge < -0.3 is 9.47 Å². The fraction of sp³-hybridized carbons (Fsp3) is 0.360. The number of alkyl halides is 3. The molecule has 0 radical (unpaired) electrons. The first-order chi connectivity index (χ1) is 17.2. The highest BCUT2D eigenvalue weighted by Gasteiger charge is 2.34. The summed E-state index contributed by atoms with van der Waals surface area (Å²) < 4.78 is 79.9. The van der Waals surface area contributed by atoms with Crippen LogP contribution in [0.1, 0.15) is 53.4 Å². The Kier molecular flexibility index (Phi) is 6.60. The third-order valence-corrected chi connectivity index (χ3v) is 7.90. The molecule has 1 saturated heterocycles. The molecule has 2 aromatic carbocycles. The molecule has 3 heterocycles. The number of sulfonamides is 1. The summed E-state index contributed by atoms with van der Waals surface area (Å²) in [6.07, 6.45) is 0.266. The van der Waals surface area contributed by atoms with E-state index in [1.807, 2.05) is 0 Å². The fourth-order valence-electron chi connectivity index (χ4n) is 4.82. The Morgan fingerprint density at radius 2 is 1.61 bits per heavy atom. The quantitative estimate of drug-likeness (QED) is 0.504. The van der Waals surface area contributed by atoms with Gasteiger partial charge in [0.25, 0.3) is 10.0 Å². The third-order valence-electron chi connectivity index (χ3n) is 6.58. The molecular weight excluding hydrogens is 495 g/mol. The van der Waals surface area contributed by atoms with Gasteiger partial charge in [-0.05, 0) is 60.6 Å². The summed E-state index contributed by atoms with van der Waals surface area (Å²) in [6, 6.07) is 10.1. The summed E-state index contributed by atoms with van der Waals surface area (Å²) in [6.45, 7) is 1.32. The smallest absolute Gasteiger partial charge is 0.416 e. The van der Waals surface area contributed by atoms with Crippen LogP contribution in [0, 0.1) is 0 Å². The number of nitrogens with zero attached hydrogens (tertiary/aromatic N) is 2. The van der Waals surface area contributed by atoms with Crippen LogP contribution in [-0.4, -0.2) is 38.2 Å². The van der Waals surface area contributed by atoms with Crippen molar-refractivity contribution >= 4 is 16.0 Å². The van der Waals surface area contributed by atoms with Crippen LogP contribution >= 0.6 is 0 Å². The average molecular weight is 520 g/mol. The Morgan fingerprint density at radius 3 is 2.33 bits per heavy atom. The first-order valence-electron chi connectivity index (χ1n) is 11.6. The molecule has 7 nitrogen and oxygen atoms in total. The molecule has 0 bridgehead atoms. The van der Waals surface area contributed by atoms with E-state index in [0.717, 1.165) is 17.2 Å². The number of hydrogen-bond acceptors (Lipinski definition) is 6. The monoisotopic (exact) mass is 519 g/mol. The van der Waals surface area contributed by atoms with Gasteiger partial charge in [0.1, 0.15) is 5.75 Å². The van der Waals surface area contributed by atoms with Gasteiger partial charge in [-0.1, -0.05) is 12.1 Å².